The quantitative estimate of drug-likeness (QED) is 0.173. The van der Waals surface area contributed by atoms with E-state index >= 15 is 0 Å². The minimum Gasteiger partial charge on any atom is -0.309 e. The fraction of sp³-hybridized carbons (Fsp3) is 0. The lowest BCUT2D eigenvalue weighted by atomic mass is 10.00. The largest absolute Gasteiger partial charge is 0.309 e. The molecule has 14 aromatic rings. The van der Waals surface area contributed by atoms with Gasteiger partial charge in [0.05, 0.1) is 33.3 Å². The standard InChI is InChI=1S/C60H36N4S/c1-3-13-37(14-4-1)39-23-26-40(27-24-39)59-47-20-9-11-21-52(47)61-60(62-59)64-53-22-12-10-19-45(53)49-35-57-51(34-55(49)64)50-33-48-46-30-29-43(42-28-25-38-15-7-8-16-41(38)31-42)32-54(46)63(44-17-5-2-6-18-44)56(48)36-58(50)65-57/h1-36H. The summed E-state index contributed by atoms with van der Waals surface area (Å²) in [6.45, 7) is 0. The Balaban J connectivity index is 0.984. The predicted molar refractivity (Wildman–Crippen MR) is 275 cm³/mol. The summed E-state index contributed by atoms with van der Waals surface area (Å²) in [4.78, 5) is 10.7. The molecule has 5 heteroatoms. The van der Waals surface area contributed by atoms with Gasteiger partial charge in [0.25, 0.3) is 0 Å². The molecule has 0 aliphatic heterocycles. The minimum absolute atomic E-state index is 0.659. The van der Waals surface area contributed by atoms with E-state index in [4.69, 9.17) is 9.97 Å². The lowest BCUT2D eigenvalue weighted by molar-refractivity contribution is 1.01. The van der Waals surface area contributed by atoms with Gasteiger partial charge < -0.3 is 4.57 Å². The topological polar surface area (TPSA) is 35.6 Å². The van der Waals surface area contributed by atoms with Crippen LogP contribution in [0.1, 0.15) is 0 Å². The van der Waals surface area contributed by atoms with Gasteiger partial charge in [-0.1, -0.05) is 158 Å². The van der Waals surface area contributed by atoms with E-state index in [2.05, 4.69) is 228 Å². The number of thiophene rings is 1. The van der Waals surface area contributed by atoms with Gasteiger partial charge in [0.15, 0.2) is 0 Å². The second-order valence-electron chi connectivity index (χ2n) is 17.0. The van der Waals surface area contributed by atoms with Crippen LogP contribution in [0.25, 0.3) is 131 Å². The molecule has 4 nitrogen and oxygen atoms in total. The zero-order valence-corrected chi connectivity index (χ0v) is 35.8. The highest BCUT2D eigenvalue weighted by atomic mass is 32.1. The first kappa shape index (κ1) is 36.1. The molecule has 14 rings (SSSR count). The average molecular weight is 845 g/mol. The molecular weight excluding hydrogens is 809 g/mol. The summed E-state index contributed by atoms with van der Waals surface area (Å²) in [6.07, 6.45) is 0. The number of fused-ring (bicyclic) bond motifs is 11. The molecule has 302 valence electrons. The molecule has 10 aromatic carbocycles. The van der Waals surface area contributed by atoms with Crippen LogP contribution < -0.4 is 0 Å². The minimum atomic E-state index is 0.659. The molecule has 0 spiro atoms. The predicted octanol–water partition coefficient (Wildman–Crippen LogP) is 16.3. The van der Waals surface area contributed by atoms with Crippen molar-refractivity contribution >= 4 is 96.8 Å². The van der Waals surface area contributed by atoms with Crippen molar-refractivity contribution in [2.45, 2.75) is 0 Å². The second-order valence-corrected chi connectivity index (χ2v) is 18.1. The van der Waals surface area contributed by atoms with Crippen LogP contribution in [0, 0.1) is 0 Å². The molecule has 0 aliphatic carbocycles. The third-order valence-electron chi connectivity index (χ3n) is 13.3. The molecule has 0 saturated carbocycles. The number of hydrogen-bond acceptors (Lipinski definition) is 3. The molecule has 0 radical (unpaired) electrons. The second kappa shape index (κ2) is 14.1. The van der Waals surface area contributed by atoms with E-state index in [-0.39, 0.29) is 0 Å². The van der Waals surface area contributed by atoms with Gasteiger partial charge in [0.2, 0.25) is 5.95 Å². The Morgan fingerprint density at radius 3 is 1.75 bits per heavy atom. The highest BCUT2D eigenvalue weighted by Gasteiger charge is 2.21. The monoisotopic (exact) mass is 844 g/mol. The highest BCUT2D eigenvalue weighted by molar-refractivity contribution is 7.26. The molecule has 0 amide bonds. The summed E-state index contributed by atoms with van der Waals surface area (Å²) in [5.41, 5.74) is 13.4. The molecule has 0 aliphatic rings. The normalized spacial score (nSPS) is 12.0. The van der Waals surface area contributed by atoms with Crippen LogP contribution in [0.15, 0.2) is 218 Å². The van der Waals surface area contributed by atoms with Crippen molar-refractivity contribution in [3.05, 3.63) is 218 Å². The first-order valence-corrected chi connectivity index (χ1v) is 22.9. The molecule has 0 fully saturated rings. The van der Waals surface area contributed by atoms with Crippen LogP contribution in [0.2, 0.25) is 0 Å². The van der Waals surface area contributed by atoms with E-state index in [0.717, 1.165) is 38.9 Å². The lowest BCUT2D eigenvalue weighted by Gasteiger charge is -2.12. The van der Waals surface area contributed by atoms with Crippen LogP contribution in [0.5, 0.6) is 0 Å². The first-order chi connectivity index (χ1) is 32.2. The van der Waals surface area contributed by atoms with Crippen molar-refractivity contribution in [1.29, 1.82) is 0 Å². The van der Waals surface area contributed by atoms with E-state index < -0.39 is 0 Å². The fourth-order valence-corrected chi connectivity index (χ4v) is 11.3. The molecule has 4 aromatic heterocycles. The first-order valence-electron chi connectivity index (χ1n) is 22.1. The van der Waals surface area contributed by atoms with Crippen LogP contribution in [0.3, 0.4) is 0 Å². The third kappa shape index (κ3) is 5.62. The SMILES string of the molecule is c1ccc(-c2ccc(-c3nc(-n4c5ccccc5c5cc6sc7cc8c(cc7c6cc54)c4ccc(-c5ccc6ccccc6c5)cc4n8-c4ccccc4)nc4ccccc34)cc2)cc1. The third-order valence-corrected chi connectivity index (χ3v) is 14.4. The zero-order chi connectivity index (χ0) is 42.6. The van der Waals surface area contributed by atoms with Crippen molar-refractivity contribution < 1.29 is 0 Å². The van der Waals surface area contributed by atoms with E-state index in [0.29, 0.717) is 5.95 Å². The number of para-hydroxylation sites is 3. The van der Waals surface area contributed by atoms with E-state index in [1.165, 1.54) is 85.8 Å². The van der Waals surface area contributed by atoms with Gasteiger partial charge in [-0.3, -0.25) is 4.57 Å². The maximum absolute atomic E-state index is 5.45. The number of hydrogen-bond donors (Lipinski definition) is 0. The van der Waals surface area contributed by atoms with Crippen molar-refractivity contribution in [2.24, 2.45) is 0 Å². The molecule has 4 heterocycles. The van der Waals surface area contributed by atoms with Crippen LogP contribution in [-0.2, 0) is 0 Å². The molecule has 65 heavy (non-hydrogen) atoms. The van der Waals surface area contributed by atoms with Crippen LogP contribution in [-0.4, -0.2) is 19.1 Å². The molecular formula is C60H36N4S. The summed E-state index contributed by atoms with van der Waals surface area (Å²) in [6, 6.07) is 79.1. The van der Waals surface area contributed by atoms with Gasteiger partial charge in [0, 0.05) is 58.4 Å². The summed E-state index contributed by atoms with van der Waals surface area (Å²) in [5.74, 6) is 0.659. The summed E-state index contributed by atoms with van der Waals surface area (Å²) < 4.78 is 7.24. The Labute approximate surface area is 377 Å². The Hall–Kier alpha value is -8.38. The van der Waals surface area contributed by atoms with Gasteiger partial charge in [-0.15, -0.1) is 11.3 Å². The van der Waals surface area contributed by atoms with Gasteiger partial charge in [-0.2, -0.15) is 0 Å². The number of benzene rings is 10. The van der Waals surface area contributed by atoms with Gasteiger partial charge in [-0.25, -0.2) is 9.97 Å². The van der Waals surface area contributed by atoms with Gasteiger partial charge >= 0.3 is 0 Å². The highest BCUT2D eigenvalue weighted by Crippen LogP contribution is 2.45. The summed E-state index contributed by atoms with van der Waals surface area (Å²) in [5, 5.41) is 10.8. The summed E-state index contributed by atoms with van der Waals surface area (Å²) >= 11 is 1.87. The molecule has 0 saturated heterocycles. The number of rotatable bonds is 5. The Kier molecular flexibility index (Phi) is 7.82. The van der Waals surface area contributed by atoms with Crippen molar-refractivity contribution in [3.63, 3.8) is 0 Å². The van der Waals surface area contributed by atoms with E-state index in [1.54, 1.807) is 0 Å². The maximum Gasteiger partial charge on any atom is 0.235 e. The van der Waals surface area contributed by atoms with Gasteiger partial charge in [-0.05, 0) is 93.7 Å². The number of aromatic nitrogens is 4. The maximum atomic E-state index is 5.45. The van der Waals surface area contributed by atoms with E-state index in [9.17, 15) is 0 Å². The number of nitrogens with zero attached hydrogens (tertiary/aromatic N) is 4. The van der Waals surface area contributed by atoms with Crippen LogP contribution in [0.4, 0.5) is 0 Å². The Morgan fingerprint density at radius 2 is 0.892 bits per heavy atom. The Bertz CT molecular complexity index is 4220. The Morgan fingerprint density at radius 1 is 0.308 bits per heavy atom. The summed E-state index contributed by atoms with van der Waals surface area (Å²) in [7, 11) is 0. The molecule has 0 bridgehead atoms. The van der Waals surface area contributed by atoms with Gasteiger partial charge in [0.1, 0.15) is 0 Å². The van der Waals surface area contributed by atoms with Crippen molar-refractivity contribution in [3.8, 4) is 45.1 Å². The average Bonchev–Trinajstić information content (AvgIpc) is 4.01. The fourth-order valence-electron chi connectivity index (χ4n) is 10.2. The molecule has 0 N–H and O–H groups in total. The van der Waals surface area contributed by atoms with Crippen molar-refractivity contribution in [2.75, 3.05) is 0 Å². The smallest absolute Gasteiger partial charge is 0.235 e. The zero-order valence-electron chi connectivity index (χ0n) is 35.0. The molecule has 0 unspecified atom stereocenters. The van der Waals surface area contributed by atoms with Crippen LogP contribution >= 0.6 is 11.3 Å². The molecule has 0 atom stereocenters. The van der Waals surface area contributed by atoms with E-state index in [1.807, 2.05) is 11.3 Å². The lowest BCUT2D eigenvalue weighted by Crippen LogP contribution is -2.03. The van der Waals surface area contributed by atoms with Crippen molar-refractivity contribution in [1.82, 2.24) is 19.1 Å².